The lowest BCUT2D eigenvalue weighted by Crippen LogP contribution is -2.32. The number of carbonyl (C=O) groups excluding carboxylic acids is 1. The second kappa shape index (κ2) is 3.99. The van der Waals surface area contributed by atoms with E-state index in [0.29, 0.717) is 5.11 Å². The molecule has 1 aromatic rings. The van der Waals surface area contributed by atoms with Gasteiger partial charge in [-0.25, -0.2) is 0 Å². The lowest BCUT2D eigenvalue weighted by atomic mass is 10.2. The van der Waals surface area contributed by atoms with Gasteiger partial charge in [0.15, 0.2) is 5.11 Å². The molecule has 0 N–H and O–H groups in total. The van der Waals surface area contributed by atoms with Gasteiger partial charge in [-0.2, -0.15) is 0 Å². The van der Waals surface area contributed by atoms with Crippen LogP contribution in [-0.2, 0) is 4.79 Å². The fourth-order valence-corrected chi connectivity index (χ4v) is 3.76. The van der Waals surface area contributed by atoms with E-state index in [4.69, 9.17) is 12.2 Å². The zero-order chi connectivity index (χ0) is 12.0. The first-order valence-electron chi connectivity index (χ1n) is 5.47. The van der Waals surface area contributed by atoms with E-state index in [2.05, 4.69) is 0 Å². The normalized spacial score (nSPS) is 23.5. The van der Waals surface area contributed by atoms with Crippen LogP contribution in [0.5, 0.6) is 0 Å². The quantitative estimate of drug-likeness (QED) is 0.724. The van der Waals surface area contributed by atoms with Crippen LogP contribution in [0.15, 0.2) is 24.3 Å². The minimum absolute atomic E-state index is 0.0474. The maximum Gasteiger partial charge on any atom is 0.256 e. The van der Waals surface area contributed by atoms with Gasteiger partial charge in [-0.05, 0) is 31.3 Å². The molecule has 0 unspecified atom stereocenters. The molecule has 3 rings (SSSR count). The zero-order valence-electron chi connectivity index (χ0n) is 9.42. The molecule has 0 spiro atoms. The van der Waals surface area contributed by atoms with Crippen molar-refractivity contribution in [3.05, 3.63) is 29.8 Å². The van der Waals surface area contributed by atoms with E-state index in [1.807, 2.05) is 36.1 Å². The molecular weight excluding hydrogens is 252 g/mol. The number of nitrogens with zero attached hydrogens (tertiary/aromatic N) is 2. The Morgan fingerprint density at radius 3 is 2.71 bits per heavy atom. The van der Waals surface area contributed by atoms with E-state index < -0.39 is 0 Å². The van der Waals surface area contributed by atoms with E-state index in [1.165, 1.54) is 5.56 Å². The number of aryl methyl sites for hydroxylation is 1. The Balaban J connectivity index is 1.96. The van der Waals surface area contributed by atoms with Crippen molar-refractivity contribution in [2.24, 2.45) is 0 Å². The third kappa shape index (κ3) is 1.65. The third-order valence-corrected chi connectivity index (χ3v) is 4.55. The summed E-state index contributed by atoms with van der Waals surface area (Å²) in [7, 11) is 0. The number of carbonyl (C=O) groups is 1. The summed E-state index contributed by atoms with van der Waals surface area (Å²) in [4.78, 5) is 15.9. The SMILES string of the molecule is Cc1ccc(N2C(=O)[C@@H]3CSCN3C2=S)cc1. The van der Waals surface area contributed by atoms with Crippen LogP contribution in [0.3, 0.4) is 0 Å². The largest absolute Gasteiger partial charge is 0.326 e. The van der Waals surface area contributed by atoms with Crippen LogP contribution in [-0.4, -0.2) is 33.6 Å². The number of hydrogen-bond donors (Lipinski definition) is 0. The Labute approximate surface area is 110 Å². The van der Waals surface area contributed by atoms with E-state index in [-0.39, 0.29) is 11.9 Å². The zero-order valence-corrected chi connectivity index (χ0v) is 11.1. The second-order valence-electron chi connectivity index (χ2n) is 4.28. The van der Waals surface area contributed by atoms with Gasteiger partial charge in [0.05, 0.1) is 11.6 Å². The van der Waals surface area contributed by atoms with Crippen molar-refractivity contribution in [2.75, 3.05) is 16.5 Å². The number of rotatable bonds is 1. The Bertz CT molecular complexity index is 464. The smallest absolute Gasteiger partial charge is 0.256 e. The molecule has 2 heterocycles. The number of benzene rings is 1. The van der Waals surface area contributed by atoms with Crippen molar-refractivity contribution in [3.8, 4) is 0 Å². The van der Waals surface area contributed by atoms with Crippen LogP contribution < -0.4 is 4.90 Å². The fourth-order valence-electron chi connectivity index (χ4n) is 2.14. The fraction of sp³-hybridized carbons (Fsp3) is 0.333. The van der Waals surface area contributed by atoms with Gasteiger partial charge >= 0.3 is 0 Å². The molecule has 1 aromatic carbocycles. The van der Waals surface area contributed by atoms with Crippen molar-refractivity contribution < 1.29 is 4.79 Å². The first-order valence-corrected chi connectivity index (χ1v) is 7.04. The van der Waals surface area contributed by atoms with Gasteiger partial charge in [-0.15, -0.1) is 11.8 Å². The highest BCUT2D eigenvalue weighted by Crippen LogP contribution is 2.32. The Kier molecular flexibility index (Phi) is 2.60. The first kappa shape index (κ1) is 11.0. The maximum atomic E-state index is 12.3. The van der Waals surface area contributed by atoms with Crippen molar-refractivity contribution in [1.82, 2.24) is 4.90 Å². The van der Waals surface area contributed by atoms with Gasteiger partial charge in [0.1, 0.15) is 6.04 Å². The maximum absolute atomic E-state index is 12.3. The van der Waals surface area contributed by atoms with E-state index >= 15 is 0 Å². The molecule has 17 heavy (non-hydrogen) atoms. The van der Waals surface area contributed by atoms with E-state index in [9.17, 15) is 4.79 Å². The number of fused-ring (bicyclic) bond motifs is 1. The molecule has 88 valence electrons. The van der Waals surface area contributed by atoms with Crippen molar-refractivity contribution >= 4 is 40.7 Å². The van der Waals surface area contributed by atoms with Crippen molar-refractivity contribution in [1.29, 1.82) is 0 Å². The molecule has 5 heteroatoms. The minimum atomic E-state index is -0.0474. The second-order valence-corrected chi connectivity index (χ2v) is 5.64. The van der Waals surface area contributed by atoms with Gasteiger partial charge in [0, 0.05) is 5.75 Å². The summed E-state index contributed by atoms with van der Waals surface area (Å²) < 4.78 is 0. The van der Waals surface area contributed by atoms with Gasteiger partial charge < -0.3 is 4.90 Å². The Morgan fingerprint density at radius 1 is 1.35 bits per heavy atom. The predicted octanol–water partition coefficient (Wildman–Crippen LogP) is 2.00. The lowest BCUT2D eigenvalue weighted by molar-refractivity contribution is -0.118. The molecule has 2 aliphatic heterocycles. The molecule has 1 atom stereocenters. The number of amides is 1. The van der Waals surface area contributed by atoms with Crippen LogP contribution in [0, 0.1) is 6.92 Å². The number of thioether (sulfide) groups is 1. The monoisotopic (exact) mass is 264 g/mol. The number of hydrogen-bond acceptors (Lipinski definition) is 3. The highest BCUT2D eigenvalue weighted by molar-refractivity contribution is 7.99. The predicted molar refractivity (Wildman–Crippen MR) is 74.2 cm³/mol. The summed E-state index contributed by atoms with van der Waals surface area (Å²) in [6, 6.07) is 7.87. The van der Waals surface area contributed by atoms with Crippen molar-refractivity contribution in [3.63, 3.8) is 0 Å². The molecule has 1 amide bonds. The highest BCUT2D eigenvalue weighted by atomic mass is 32.2. The standard InChI is InChI=1S/C12H12N2OS2/c1-8-2-4-9(5-3-8)14-11(15)10-6-17-7-13(10)12(14)16/h2-5,10H,6-7H2,1H3/t10-/m0/s1. The summed E-state index contributed by atoms with van der Waals surface area (Å²) in [6.07, 6.45) is 0. The molecular formula is C12H12N2OS2. The number of anilines is 1. The summed E-state index contributed by atoms with van der Waals surface area (Å²) >= 11 is 7.15. The number of thiocarbonyl (C=S) groups is 1. The highest BCUT2D eigenvalue weighted by Gasteiger charge is 2.45. The summed E-state index contributed by atoms with van der Waals surface area (Å²) in [6.45, 7) is 2.03. The minimum Gasteiger partial charge on any atom is -0.326 e. The van der Waals surface area contributed by atoms with Gasteiger partial charge in [-0.1, -0.05) is 17.7 Å². The summed E-state index contributed by atoms with van der Waals surface area (Å²) in [5, 5.41) is 0.647. The molecule has 2 aliphatic rings. The van der Waals surface area contributed by atoms with E-state index in [0.717, 1.165) is 17.3 Å². The van der Waals surface area contributed by atoms with Gasteiger partial charge in [0.2, 0.25) is 0 Å². The van der Waals surface area contributed by atoms with Crippen LogP contribution in [0.4, 0.5) is 5.69 Å². The van der Waals surface area contributed by atoms with Crippen molar-refractivity contribution in [2.45, 2.75) is 13.0 Å². The molecule has 2 fully saturated rings. The molecule has 0 saturated carbocycles. The van der Waals surface area contributed by atoms with Crippen LogP contribution in [0.1, 0.15) is 5.56 Å². The van der Waals surface area contributed by atoms with E-state index in [1.54, 1.807) is 16.7 Å². The molecule has 0 bridgehead atoms. The molecule has 2 saturated heterocycles. The Morgan fingerprint density at radius 2 is 2.06 bits per heavy atom. The lowest BCUT2D eigenvalue weighted by Gasteiger charge is -2.18. The molecule has 0 radical (unpaired) electrons. The average Bonchev–Trinajstić information content (AvgIpc) is 2.87. The first-order chi connectivity index (χ1) is 8.18. The topological polar surface area (TPSA) is 23.6 Å². The molecule has 0 aromatic heterocycles. The van der Waals surface area contributed by atoms with Gasteiger partial charge in [-0.3, -0.25) is 9.69 Å². The van der Waals surface area contributed by atoms with Crippen LogP contribution >= 0.6 is 24.0 Å². The Hall–Kier alpha value is -1.07. The molecule has 0 aliphatic carbocycles. The molecule has 3 nitrogen and oxygen atoms in total. The summed E-state index contributed by atoms with van der Waals surface area (Å²) in [5.41, 5.74) is 2.06. The van der Waals surface area contributed by atoms with Crippen LogP contribution in [0.25, 0.3) is 0 Å². The van der Waals surface area contributed by atoms with Crippen LogP contribution in [0.2, 0.25) is 0 Å². The third-order valence-electron chi connectivity index (χ3n) is 3.12. The average molecular weight is 264 g/mol. The van der Waals surface area contributed by atoms with Gasteiger partial charge in [0.25, 0.3) is 5.91 Å². The summed E-state index contributed by atoms with van der Waals surface area (Å²) in [5.74, 6) is 1.79.